The Bertz CT molecular complexity index is 1420. The number of hydrogen-bond acceptors (Lipinski definition) is 5. The molecular formula is C27H29ClFN5O3. The van der Waals surface area contributed by atoms with Crippen molar-refractivity contribution in [2.45, 2.75) is 24.9 Å². The number of urea groups is 1. The lowest BCUT2D eigenvalue weighted by Gasteiger charge is -2.42. The first-order valence-electron chi connectivity index (χ1n) is 12.5. The van der Waals surface area contributed by atoms with E-state index in [1.165, 1.54) is 11.0 Å². The number of nitrogens with zero attached hydrogens (tertiary/aromatic N) is 4. The van der Waals surface area contributed by atoms with E-state index in [0.717, 1.165) is 37.1 Å². The highest BCUT2D eigenvalue weighted by Crippen LogP contribution is 2.49. The van der Waals surface area contributed by atoms with Gasteiger partial charge in [-0.25, -0.2) is 9.18 Å². The van der Waals surface area contributed by atoms with Gasteiger partial charge in [-0.1, -0.05) is 23.7 Å². The van der Waals surface area contributed by atoms with Crippen molar-refractivity contribution < 1.29 is 19.1 Å². The first kappa shape index (κ1) is 24.2. The minimum atomic E-state index is -1.14. The first-order valence-corrected chi connectivity index (χ1v) is 12.9. The fraction of sp³-hybridized carbons (Fsp3) is 0.407. The van der Waals surface area contributed by atoms with Crippen LogP contribution in [0.3, 0.4) is 0 Å². The second kappa shape index (κ2) is 8.72. The molecule has 10 heteroatoms. The van der Waals surface area contributed by atoms with Gasteiger partial charge in [0.1, 0.15) is 23.1 Å². The molecule has 37 heavy (non-hydrogen) atoms. The fourth-order valence-corrected chi connectivity index (χ4v) is 6.23. The molecule has 0 spiro atoms. The highest BCUT2D eigenvalue weighted by Gasteiger charge is 2.60. The summed E-state index contributed by atoms with van der Waals surface area (Å²) in [5, 5.41) is 11.0. The van der Waals surface area contributed by atoms with E-state index in [0.29, 0.717) is 29.9 Å². The summed E-state index contributed by atoms with van der Waals surface area (Å²) in [7, 11) is 2.09. The van der Waals surface area contributed by atoms with Crippen LogP contribution in [-0.4, -0.2) is 93.5 Å². The molecule has 0 unspecified atom stereocenters. The molecule has 3 aromatic rings. The monoisotopic (exact) mass is 525 g/mol. The number of likely N-dealkylation sites (N-methyl/N-ethyl adjacent to an activating group) is 1. The summed E-state index contributed by atoms with van der Waals surface area (Å²) in [5.41, 5.74) is 1.59. The molecule has 0 aliphatic carbocycles. The maximum Gasteiger partial charge on any atom is 0.328 e. The van der Waals surface area contributed by atoms with E-state index in [1.54, 1.807) is 36.1 Å². The number of carbonyl (C=O) groups excluding carboxylic acids is 2. The lowest BCUT2D eigenvalue weighted by Crippen LogP contribution is -2.53. The van der Waals surface area contributed by atoms with Crippen LogP contribution in [0.2, 0.25) is 5.02 Å². The molecule has 2 N–H and O–H groups in total. The number of carbonyl (C=O) groups is 2. The Labute approximate surface area is 219 Å². The van der Waals surface area contributed by atoms with Crippen LogP contribution in [0.5, 0.6) is 5.75 Å². The first-order chi connectivity index (χ1) is 17.7. The lowest BCUT2D eigenvalue weighted by molar-refractivity contribution is -0.133. The van der Waals surface area contributed by atoms with Crippen molar-refractivity contribution >= 4 is 34.4 Å². The summed E-state index contributed by atoms with van der Waals surface area (Å²) < 4.78 is 14.3. The topological polar surface area (TPSA) is 83.1 Å². The number of rotatable bonds is 4. The number of aromatic amines is 1. The molecule has 2 saturated heterocycles. The Hall–Kier alpha value is -3.14. The molecule has 194 valence electrons. The Morgan fingerprint density at radius 2 is 1.89 bits per heavy atom. The number of benzene rings is 2. The SMILES string of the molecule is CN1CCN(CCN2C(=O)N3[C@H](c4cccc(O)c4)c4[nH]c5cc(F)c(Cl)cc5c4C[C@@]3(C)C2=O)CC1. The third-order valence-electron chi connectivity index (χ3n) is 8.13. The van der Waals surface area contributed by atoms with Crippen LogP contribution in [0, 0.1) is 5.82 Å². The molecule has 6 rings (SSSR count). The van der Waals surface area contributed by atoms with Crippen LogP contribution in [0.25, 0.3) is 10.9 Å². The molecule has 2 fully saturated rings. The average Bonchev–Trinajstić information content (AvgIpc) is 3.29. The molecule has 8 nitrogen and oxygen atoms in total. The van der Waals surface area contributed by atoms with Crippen LogP contribution in [-0.2, 0) is 11.2 Å². The number of aromatic hydroxyl groups is 1. The van der Waals surface area contributed by atoms with Gasteiger partial charge in [0, 0.05) is 62.3 Å². The lowest BCUT2D eigenvalue weighted by atomic mass is 9.81. The van der Waals surface area contributed by atoms with Crippen LogP contribution in [0.15, 0.2) is 36.4 Å². The van der Waals surface area contributed by atoms with Crippen molar-refractivity contribution in [1.82, 2.24) is 24.6 Å². The zero-order valence-electron chi connectivity index (χ0n) is 20.8. The zero-order chi connectivity index (χ0) is 26.1. The predicted molar refractivity (Wildman–Crippen MR) is 138 cm³/mol. The normalized spacial score (nSPS) is 24.7. The third kappa shape index (κ3) is 3.79. The summed E-state index contributed by atoms with van der Waals surface area (Å²) in [4.78, 5) is 38.7. The van der Waals surface area contributed by atoms with Gasteiger partial charge in [0.15, 0.2) is 0 Å². The van der Waals surface area contributed by atoms with E-state index in [1.807, 2.05) is 6.07 Å². The van der Waals surface area contributed by atoms with E-state index >= 15 is 0 Å². The van der Waals surface area contributed by atoms with E-state index in [9.17, 15) is 19.1 Å². The molecule has 1 aromatic heterocycles. The van der Waals surface area contributed by atoms with Crippen molar-refractivity contribution in [2.75, 3.05) is 46.3 Å². The van der Waals surface area contributed by atoms with Gasteiger partial charge in [-0.15, -0.1) is 0 Å². The number of H-pyrrole nitrogens is 1. The maximum absolute atomic E-state index is 14.3. The second-order valence-corrected chi connectivity index (χ2v) is 10.9. The summed E-state index contributed by atoms with van der Waals surface area (Å²) >= 11 is 6.14. The van der Waals surface area contributed by atoms with Crippen LogP contribution in [0.1, 0.15) is 29.8 Å². The molecule has 0 saturated carbocycles. The molecule has 2 atom stereocenters. The summed E-state index contributed by atoms with van der Waals surface area (Å²) in [6.07, 6.45) is 0.273. The van der Waals surface area contributed by atoms with E-state index < -0.39 is 17.4 Å². The van der Waals surface area contributed by atoms with Crippen LogP contribution < -0.4 is 0 Å². The summed E-state index contributed by atoms with van der Waals surface area (Å²) in [6, 6.07) is 8.59. The van der Waals surface area contributed by atoms with Crippen molar-refractivity contribution in [3.05, 3.63) is 64.1 Å². The Kier molecular flexibility index (Phi) is 5.70. The number of imide groups is 1. The number of phenols is 1. The van der Waals surface area contributed by atoms with E-state index in [-0.39, 0.29) is 29.1 Å². The Balaban J connectivity index is 1.42. The number of hydrogen-bond donors (Lipinski definition) is 2. The number of amides is 3. The molecule has 3 aliphatic rings. The van der Waals surface area contributed by atoms with E-state index in [4.69, 9.17) is 11.6 Å². The van der Waals surface area contributed by atoms with Crippen molar-refractivity contribution in [2.24, 2.45) is 0 Å². The van der Waals surface area contributed by atoms with Gasteiger partial charge in [-0.3, -0.25) is 19.5 Å². The fourth-order valence-electron chi connectivity index (χ4n) is 6.06. The van der Waals surface area contributed by atoms with Gasteiger partial charge in [0.25, 0.3) is 5.91 Å². The molecular weight excluding hydrogens is 497 g/mol. The molecule has 0 bridgehead atoms. The van der Waals surface area contributed by atoms with Crippen molar-refractivity contribution in [3.8, 4) is 5.75 Å². The van der Waals surface area contributed by atoms with E-state index in [2.05, 4.69) is 21.8 Å². The molecule has 0 radical (unpaired) electrons. The quantitative estimate of drug-likeness (QED) is 0.509. The van der Waals surface area contributed by atoms with Crippen LogP contribution in [0.4, 0.5) is 9.18 Å². The van der Waals surface area contributed by atoms with Gasteiger partial charge in [0.2, 0.25) is 0 Å². The van der Waals surface area contributed by atoms with Gasteiger partial charge >= 0.3 is 6.03 Å². The number of fused-ring (bicyclic) bond motifs is 4. The summed E-state index contributed by atoms with van der Waals surface area (Å²) in [6.45, 7) is 6.43. The van der Waals surface area contributed by atoms with Crippen molar-refractivity contribution in [3.63, 3.8) is 0 Å². The number of aromatic nitrogens is 1. The standard InChI is InChI=1S/C27H29ClFN5O3/c1-27-15-19-18-13-20(28)21(29)14-22(18)30-23(19)24(16-4-3-5-17(35)12-16)34(27)26(37)33(25(27)36)11-10-32-8-6-31(2)7-9-32/h3-5,12-14,24,30,35H,6-11,15H2,1-2H3/t24-,27+/m1/s1. The van der Waals surface area contributed by atoms with Gasteiger partial charge in [0.05, 0.1) is 5.02 Å². The molecule has 2 aromatic carbocycles. The largest absolute Gasteiger partial charge is 0.508 e. The average molecular weight is 526 g/mol. The number of nitrogens with one attached hydrogen (secondary N) is 1. The molecule has 3 aliphatic heterocycles. The highest BCUT2D eigenvalue weighted by atomic mass is 35.5. The summed E-state index contributed by atoms with van der Waals surface area (Å²) in [5.74, 6) is -0.734. The van der Waals surface area contributed by atoms with Crippen LogP contribution >= 0.6 is 11.6 Å². The third-order valence-corrected chi connectivity index (χ3v) is 8.42. The maximum atomic E-state index is 14.3. The predicted octanol–water partition coefficient (Wildman–Crippen LogP) is 3.58. The zero-order valence-corrected chi connectivity index (χ0v) is 21.6. The van der Waals surface area contributed by atoms with Gasteiger partial charge in [-0.2, -0.15) is 0 Å². The Morgan fingerprint density at radius 3 is 2.62 bits per heavy atom. The Morgan fingerprint density at radius 1 is 1.14 bits per heavy atom. The van der Waals surface area contributed by atoms with Gasteiger partial charge in [-0.05, 0) is 49.4 Å². The van der Waals surface area contributed by atoms with Crippen molar-refractivity contribution in [1.29, 1.82) is 0 Å². The number of halogens is 2. The smallest absolute Gasteiger partial charge is 0.328 e. The molecule has 3 amide bonds. The number of piperazine rings is 1. The number of phenolic OH excluding ortho intramolecular Hbond substituents is 1. The minimum Gasteiger partial charge on any atom is -0.508 e. The minimum absolute atomic E-state index is 0.00147. The second-order valence-electron chi connectivity index (χ2n) is 10.5. The van der Waals surface area contributed by atoms with Gasteiger partial charge < -0.3 is 15.0 Å². The molecule has 4 heterocycles. The highest BCUT2D eigenvalue weighted by molar-refractivity contribution is 6.31.